The van der Waals surface area contributed by atoms with E-state index in [1.165, 1.54) is 74.5 Å². The van der Waals surface area contributed by atoms with Gasteiger partial charge < -0.3 is 0 Å². The molecule has 0 bridgehead atoms. The van der Waals surface area contributed by atoms with Gasteiger partial charge >= 0.3 is 0 Å². The first kappa shape index (κ1) is 21.6. The molecule has 158 valence electrons. The van der Waals surface area contributed by atoms with Crippen LogP contribution in [0, 0.1) is 0 Å². The Balaban J connectivity index is 1.82. The number of nitrogens with zero attached hydrogens (tertiary/aromatic N) is 1. The van der Waals surface area contributed by atoms with Gasteiger partial charge in [-0.05, 0) is 62.3 Å². The minimum atomic E-state index is 0.218. The van der Waals surface area contributed by atoms with Crippen LogP contribution in [0.25, 0.3) is 10.9 Å². The van der Waals surface area contributed by atoms with E-state index in [-0.39, 0.29) is 5.56 Å². The van der Waals surface area contributed by atoms with E-state index in [2.05, 4.69) is 19.1 Å². The van der Waals surface area contributed by atoms with E-state index in [0.717, 1.165) is 28.9 Å². The van der Waals surface area contributed by atoms with Gasteiger partial charge in [0, 0.05) is 31.4 Å². The lowest BCUT2D eigenvalue weighted by molar-refractivity contribution is 0.515. The molecule has 2 aliphatic rings. The monoisotopic (exact) mass is 449 g/mol. The normalized spacial score (nSPS) is 19.1. The lowest BCUT2D eigenvalue weighted by atomic mass is 10.0. The van der Waals surface area contributed by atoms with E-state index in [4.69, 9.17) is 11.6 Å². The molecule has 2 saturated carbocycles. The summed E-state index contributed by atoms with van der Waals surface area (Å²) in [5.74, 6) is 0. The van der Waals surface area contributed by atoms with Crippen molar-refractivity contribution in [2.45, 2.75) is 99.4 Å². The fourth-order valence-corrected chi connectivity index (χ4v) is 7.76. The molecule has 0 unspecified atom stereocenters. The minimum absolute atomic E-state index is 0.218. The van der Waals surface area contributed by atoms with Crippen molar-refractivity contribution >= 4 is 46.2 Å². The molecule has 0 N–H and O–H groups in total. The molecule has 0 amide bonds. The third-order valence-corrected chi connectivity index (χ3v) is 9.37. The summed E-state index contributed by atoms with van der Waals surface area (Å²) in [5, 5.41) is 3.12. The highest BCUT2D eigenvalue weighted by Crippen LogP contribution is 2.40. The molecule has 2 nitrogen and oxygen atoms in total. The van der Waals surface area contributed by atoms with Crippen LogP contribution in [0.4, 0.5) is 0 Å². The molecule has 1 heterocycles. The van der Waals surface area contributed by atoms with E-state index in [1.54, 1.807) is 11.9 Å². The zero-order valence-corrected chi connectivity index (χ0v) is 19.8. The van der Waals surface area contributed by atoms with Gasteiger partial charge in [0.2, 0.25) is 0 Å². The Bertz CT molecular complexity index is 898. The minimum Gasteiger partial charge on any atom is -0.268 e. The zero-order chi connectivity index (χ0) is 20.2. The van der Waals surface area contributed by atoms with E-state index in [9.17, 15) is 4.79 Å². The van der Waals surface area contributed by atoms with Crippen LogP contribution in [0.2, 0.25) is 5.02 Å². The highest BCUT2D eigenvalue weighted by atomic mass is 35.5. The number of thioether (sulfide) groups is 1. The summed E-state index contributed by atoms with van der Waals surface area (Å²) in [6.45, 7) is 2.18. The third-order valence-electron chi connectivity index (χ3n) is 6.28. The van der Waals surface area contributed by atoms with E-state index < -0.39 is 0 Å². The van der Waals surface area contributed by atoms with E-state index in [0.29, 0.717) is 10.5 Å². The summed E-state index contributed by atoms with van der Waals surface area (Å²) in [7, 11) is 0. The Morgan fingerprint density at radius 3 is 2.31 bits per heavy atom. The summed E-state index contributed by atoms with van der Waals surface area (Å²) in [4.78, 5) is 14.9. The Kier molecular flexibility index (Phi) is 7.58. The van der Waals surface area contributed by atoms with Crippen LogP contribution < -0.4 is 5.56 Å². The lowest BCUT2D eigenvalue weighted by Gasteiger charge is -2.26. The maximum absolute atomic E-state index is 13.7. The SMILES string of the molecule is CCCc1c(SC2CCCCC2)c2cc(Cl)ccc2n(SC2CCCCC2)c1=O. The van der Waals surface area contributed by atoms with Crippen molar-refractivity contribution < 1.29 is 0 Å². The van der Waals surface area contributed by atoms with Crippen LogP contribution in [0.1, 0.15) is 83.1 Å². The van der Waals surface area contributed by atoms with Crippen LogP contribution in [0.15, 0.2) is 27.9 Å². The van der Waals surface area contributed by atoms with Crippen molar-refractivity contribution in [2.24, 2.45) is 0 Å². The fourth-order valence-electron chi connectivity index (χ4n) is 4.74. The number of fused-ring (bicyclic) bond motifs is 1. The number of hydrogen-bond donors (Lipinski definition) is 0. The van der Waals surface area contributed by atoms with Crippen LogP contribution >= 0.6 is 35.3 Å². The molecule has 4 rings (SSSR count). The number of rotatable bonds is 6. The fraction of sp³-hybridized carbons (Fsp3) is 0.625. The van der Waals surface area contributed by atoms with Crippen molar-refractivity contribution in [3.63, 3.8) is 0 Å². The molecule has 1 aromatic heterocycles. The highest BCUT2D eigenvalue weighted by molar-refractivity contribution is 8.00. The van der Waals surface area contributed by atoms with Crippen molar-refractivity contribution in [3.8, 4) is 0 Å². The molecular formula is C24H32ClNOS2. The first-order valence-electron chi connectivity index (χ1n) is 11.4. The van der Waals surface area contributed by atoms with Crippen molar-refractivity contribution in [2.75, 3.05) is 0 Å². The molecule has 0 radical (unpaired) electrons. The van der Waals surface area contributed by atoms with Crippen LogP contribution in [-0.2, 0) is 6.42 Å². The quantitative estimate of drug-likeness (QED) is 0.448. The summed E-state index contributed by atoms with van der Waals surface area (Å²) in [6.07, 6.45) is 14.7. The Hall–Kier alpha value is -0.580. The van der Waals surface area contributed by atoms with Crippen LogP contribution in [-0.4, -0.2) is 14.5 Å². The molecule has 2 aliphatic carbocycles. The van der Waals surface area contributed by atoms with Gasteiger partial charge in [-0.1, -0.05) is 63.5 Å². The largest absolute Gasteiger partial charge is 0.268 e. The van der Waals surface area contributed by atoms with Gasteiger partial charge in [0.05, 0.1) is 5.52 Å². The first-order chi connectivity index (χ1) is 14.2. The van der Waals surface area contributed by atoms with E-state index in [1.807, 2.05) is 21.8 Å². The average molecular weight is 450 g/mol. The standard InChI is InChI=1S/C24H32ClNOS2/c1-2-9-20-23(28-18-10-5-3-6-11-18)21-16-17(25)14-15-22(21)26(24(20)27)29-19-12-7-4-8-13-19/h14-16,18-19H,2-13H2,1H3. The molecule has 0 spiro atoms. The van der Waals surface area contributed by atoms with E-state index >= 15 is 0 Å². The van der Waals surface area contributed by atoms with Crippen LogP contribution in [0.3, 0.4) is 0 Å². The summed E-state index contributed by atoms with van der Waals surface area (Å²) in [5.41, 5.74) is 2.28. The zero-order valence-electron chi connectivity index (χ0n) is 17.4. The molecule has 5 heteroatoms. The smallest absolute Gasteiger partial charge is 0.265 e. The van der Waals surface area contributed by atoms with Crippen LogP contribution in [0.5, 0.6) is 0 Å². The third kappa shape index (κ3) is 5.02. The van der Waals surface area contributed by atoms with Gasteiger partial charge in [0.25, 0.3) is 5.56 Å². The molecule has 0 aliphatic heterocycles. The average Bonchev–Trinajstić information content (AvgIpc) is 2.75. The van der Waals surface area contributed by atoms with Crippen molar-refractivity contribution in [1.82, 2.24) is 3.97 Å². The van der Waals surface area contributed by atoms with Crippen molar-refractivity contribution in [1.29, 1.82) is 0 Å². The highest BCUT2D eigenvalue weighted by Gasteiger charge is 2.24. The summed E-state index contributed by atoms with van der Waals surface area (Å²) in [6, 6.07) is 6.10. The summed E-state index contributed by atoms with van der Waals surface area (Å²) < 4.78 is 2.01. The van der Waals surface area contributed by atoms with Gasteiger partial charge in [-0.3, -0.25) is 4.79 Å². The van der Waals surface area contributed by atoms with Crippen molar-refractivity contribution in [3.05, 3.63) is 39.1 Å². The topological polar surface area (TPSA) is 22.0 Å². The predicted octanol–water partition coefficient (Wildman–Crippen LogP) is 7.86. The number of pyridine rings is 1. The molecule has 2 aromatic rings. The molecule has 29 heavy (non-hydrogen) atoms. The first-order valence-corrected chi connectivity index (χ1v) is 13.5. The van der Waals surface area contributed by atoms with Gasteiger partial charge in [-0.15, -0.1) is 11.8 Å². The maximum Gasteiger partial charge on any atom is 0.265 e. The summed E-state index contributed by atoms with van der Waals surface area (Å²) >= 11 is 10.2. The second-order valence-electron chi connectivity index (χ2n) is 8.56. The van der Waals surface area contributed by atoms with Gasteiger partial charge in [-0.25, -0.2) is 3.97 Å². The van der Waals surface area contributed by atoms with Gasteiger partial charge in [0.1, 0.15) is 0 Å². The second-order valence-corrected chi connectivity index (χ2v) is 11.6. The van der Waals surface area contributed by atoms with Gasteiger partial charge in [-0.2, -0.15) is 0 Å². The predicted molar refractivity (Wildman–Crippen MR) is 130 cm³/mol. The second kappa shape index (κ2) is 10.2. The Morgan fingerprint density at radius 2 is 1.66 bits per heavy atom. The lowest BCUT2D eigenvalue weighted by Crippen LogP contribution is -2.25. The maximum atomic E-state index is 13.7. The number of benzene rings is 1. The molecule has 2 fully saturated rings. The van der Waals surface area contributed by atoms with Gasteiger partial charge in [0.15, 0.2) is 0 Å². The molecule has 0 atom stereocenters. The number of halogens is 1. The molecule has 1 aromatic carbocycles. The number of aromatic nitrogens is 1. The Morgan fingerprint density at radius 1 is 1.00 bits per heavy atom. The molecule has 0 saturated heterocycles. The Labute approximate surface area is 188 Å². The molecular weight excluding hydrogens is 418 g/mol. The number of hydrogen-bond acceptors (Lipinski definition) is 3.